The zero-order valence-electron chi connectivity index (χ0n) is 12.9. The number of carbonyl (C=O) groups is 2. The molecule has 2 aromatic rings. The van der Waals surface area contributed by atoms with E-state index in [9.17, 15) is 9.59 Å². The maximum Gasteiger partial charge on any atom is 0.227 e. The topological polar surface area (TPSA) is 37.4 Å². The third-order valence-corrected chi connectivity index (χ3v) is 4.32. The van der Waals surface area contributed by atoms with Gasteiger partial charge in [0.2, 0.25) is 5.91 Å². The van der Waals surface area contributed by atoms with Crippen LogP contribution in [0.15, 0.2) is 42.5 Å². The van der Waals surface area contributed by atoms with E-state index in [4.69, 9.17) is 0 Å². The first kappa shape index (κ1) is 14.5. The fourth-order valence-electron chi connectivity index (χ4n) is 3.00. The number of benzene rings is 2. The molecule has 0 aliphatic carbocycles. The van der Waals surface area contributed by atoms with Gasteiger partial charge in [0.15, 0.2) is 5.78 Å². The lowest BCUT2D eigenvalue weighted by Gasteiger charge is -2.24. The molecule has 0 unspecified atom stereocenters. The number of nitrogens with zero attached hydrogens (tertiary/aromatic N) is 1. The highest BCUT2D eigenvalue weighted by Gasteiger charge is 2.26. The van der Waals surface area contributed by atoms with E-state index in [-0.39, 0.29) is 18.1 Å². The average molecular weight is 293 g/mol. The average Bonchev–Trinajstić information content (AvgIpc) is 2.63. The Bertz CT molecular complexity index is 729. The van der Waals surface area contributed by atoms with Crippen LogP contribution in [-0.4, -0.2) is 11.7 Å². The van der Waals surface area contributed by atoms with E-state index >= 15 is 0 Å². The van der Waals surface area contributed by atoms with Gasteiger partial charge in [0.25, 0.3) is 0 Å². The molecule has 1 aliphatic rings. The molecule has 1 amide bonds. The second kappa shape index (κ2) is 5.76. The molecule has 3 nitrogen and oxygen atoms in total. The summed E-state index contributed by atoms with van der Waals surface area (Å²) in [5.41, 5.74) is 4.87. The van der Waals surface area contributed by atoms with E-state index in [0.29, 0.717) is 18.5 Å². The van der Waals surface area contributed by atoms with Crippen LogP contribution in [0.25, 0.3) is 0 Å². The van der Waals surface area contributed by atoms with Gasteiger partial charge in [-0.05, 0) is 42.7 Å². The minimum Gasteiger partial charge on any atom is -0.307 e. The minimum atomic E-state index is 0.0148. The van der Waals surface area contributed by atoms with Gasteiger partial charge < -0.3 is 4.90 Å². The van der Waals surface area contributed by atoms with Crippen molar-refractivity contribution >= 4 is 17.4 Å². The summed E-state index contributed by atoms with van der Waals surface area (Å²) in [6, 6.07) is 13.5. The van der Waals surface area contributed by atoms with Crippen molar-refractivity contribution in [3.8, 4) is 0 Å². The SMILES string of the molecule is Cc1cccc(C)c1CN1C(=O)CCC(=O)c2ccccc21. The summed E-state index contributed by atoms with van der Waals surface area (Å²) in [4.78, 5) is 26.5. The van der Waals surface area contributed by atoms with Crippen LogP contribution in [0.3, 0.4) is 0 Å². The maximum absolute atomic E-state index is 12.5. The number of Topliss-reactive ketones (excluding diaryl/α,β-unsaturated/α-hetero) is 1. The van der Waals surface area contributed by atoms with Gasteiger partial charge in [0.1, 0.15) is 0 Å². The summed E-state index contributed by atoms with van der Waals surface area (Å²) in [6.45, 7) is 4.63. The molecule has 0 saturated carbocycles. The van der Waals surface area contributed by atoms with Gasteiger partial charge in [0.05, 0.1) is 12.2 Å². The Kier molecular flexibility index (Phi) is 3.80. The van der Waals surface area contributed by atoms with E-state index in [1.54, 1.807) is 4.90 Å². The van der Waals surface area contributed by atoms with Crippen LogP contribution in [0.5, 0.6) is 0 Å². The molecule has 0 N–H and O–H groups in total. The molecule has 1 heterocycles. The molecule has 0 aromatic heterocycles. The normalized spacial score (nSPS) is 14.7. The van der Waals surface area contributed by atoms with Crippen molar-refractivity contribution in [3.63, 3.8) is 0 Å². The highest BCUT2D eigenvalue weighted by molar-refractivity contribution is 6.10. The van der Waals surface area contributed by atoms with Crippen LogP contribution in [0, 0.1) is 13.8 Å². The van der Waals surface area contributed by atoms with Crippen molar-refractivity contribution in [2.75, 3.05) is 4.90 Å². The van der Waals surface area contributed by atoms with Gasteiger partial charge in [0, 0.05) is 18.4 Å². The molecule has 2 aromatic carbocycles. The van der Waals surface area contributed by atoms with Crippen LogP contribution < -0.4 is 4.90 Å². The predicted molar refractivity (Wildman–Crippen MR) is 87.1 cm³/mol. The van der Waals surface area contributed by atoms with Crippen molar-refractivity contribution in [1.29, 1.82) is 0 Å². The molecule has 3 heteroatoms. The first-order valence-corrected chi connectivity index (χ1v) is 7.55. The van der Waals surface area contributed by atoms with Crippen LogP contribution in [-0.2, 0) is 11.3 Å². The number of hydrogen-bond donors (Lipinski definition) is 0. The molecule has 22 heavy (non-hydrogen) atoms. The molecule has 1 aliphatic heterocycles. The molecule has 0 spiro atoms. The molecule has 0 radical (unpaired) electrons. The number of anilines is 1. The van der Waals surface area contributed by atoms with Crippen LogP contribution in [0.1, 0.15) is 39.9 Å². The highest BCUT2D eigenvalue weighted by atomic mass is 16.2. The van der Waals surface area contributed by atoms with Gasteiger partial charge >= 0.3 is 0 Å². The number of aryl methyl sites for hydroxylation is 2. The lowest BCUT2D eigenvalue weighted by atomic mass is 10.0. The maximum atomic E-state index is 12.5. The Morgan fingerprint density at radius 1 is 0.909 bits per heavy atom. The summed E-state index contributed by atoms with van der Waals surface area (Å²) in [5, 5.41) is 0. The van der Waals surface area contributed by atoms with Crippen LogP contribution in [0.4, 0.5) is 5.69 Å². The van der Waals surface area contributed by atoms with E-state index in [1.807, 2.05) is 30.3 Å². The minimum absolute atomic E-state index is 0.0148. The zero-order chi connectivity index (χ0) is 15.7. The van der Waals surface area contributed by atoms with Crippen molar-refractivity contribution in [2.24, 2.45) is 0 Å². The van der Waals surface area contributed by atoms with E-state index < -0.39 is 0 Å². The largest absolute Gasteiger partial charge is 0.307 e. The van der Waals surface area contributed by atoms with E-state index in [2.05, 4.69) is 26.0 Å². The fourth-order valence-corrected chi connectivity index (χ4v) is 3.00. The van der Waals surface area contributed by atoms with Crippen molar-refractivity contribution in [1.82, 2.24) is 0 Å². The Morgan fingerprint density at radius 3 is 2.32 bits per heavy atom. The standard InChI is InChI=1S/C19H19NO2/c1-13-6-5-7-14(2)16(13)12-20-17-9-4-3-8-15(17)18(21)10-11-19(20)22/h3-9H,10-12H2,1-2H3. The van der Waals surface area contributed by atoms with Gasteiger partial charge in [-0.15, -0.1) is 0 Å². The van der Waals surface area contributed by atoms with Gasteiger partial charge in [-0.25, -0.2) is 0 Å². The number of fused-ring (bicyclic) bond motifs is 1. The quantitative estimate of drug-likeness (QED) is 0.844. The summed E-state index contributed by atoms with van der Waals surface area (Å²) >= 11 is 0. The molecule has 0 bridgehead atoms. The first-order chi connectivity index (χ1) is 10.6. The van der Waals surface area contributed by atoms with Crippen LogP contribution in [0.2, 0.25) is 0 Å². The van der Waals surface area contributed by atoms with Crippen molar-refractivity contribution in [2.45, 2.75) is 33.2 Å². The third-order valence-electron chi connectivity index (χ3n) is 4.32. The van der Waals surface area contributed by atoms with E-state index in [0.717, 1.165) is 11.3 Å². The predicted octanol–water partition coefficient (Wildman–Crippen LogP) is 3.81. The molecular weight excluding hydrogens is 274 g/mol. The summed E-state index contributed by atoms with van der Waals surface area (Å²) < 4.78 is 0. The summed E-state index contributed by atoms with van der Waals surface area (Å²) in [6.07, 6.45) is 0.567. The smallest absolute Gasteiger partial charge is 0.227 e. The second-order valence-corrected chi connectivity index (χ2v) is 5.79. The van der Waals surface area contributed by atoms with Crippen LogP contribution >= 0.6 is 0 Å². The second-order valence-electron chi connectivity index (χ2n) is 5.79. The van der Waals surface area contributed by atoms with Gasteiger partial charge in [-0.3, -0.25) is 9.59 Å². The van der Waals surface area contributed by atoms with E-state index in [1.165, 1.54) is 11.1 Å². The molecular formula is C19H19NO2. The third kappa shape index (κ3) is 2.54. The Labute approximate surface area is 130 Å². The number of para-hydroxylation sites is 1. The Balaban J connectivity index is 2.07. The highest BCUT2D eigenvalue weighted by Crippen LogP contribution is 2.29. The number of ketones is 1. The monoisotopic (exact) mass is 293 g/mol. The zero-order valence-corrected chi connectivity index (χ0v) is 12.9. The number of carbonyl (C=O) groups excluding carboxylic acids is 2. The molecule has 0 atom stereocenters. The van der Waals surface area contributed by atoms with Crippen molar-refractivity contribution < 1.29 is 9.59 Å². The lowest BCUT2D eigenvalue weighted by Crippen LogP contribution is -2.30. The molecule has 0 saturated heterocycles. The number of amides is 1. The molecule has 0 fully saturated rings. The van der Waals surface area contributed by atoms with Crippen molar-refractivity contribution in [3.05, 3.63) is 64.7 Å². The summed E-state index contributed by atoms with van der Waals surface area (Å²) in [5.74, 6) is 0.0638. The number of rotatable bonds is 2. The molecule has 3 rings (SSSR count). The van der Waals surface area contributed by atoms with Gasteiger partial charge in [-0.1, -0.05) is 30.3 Å². The molecule has 112 valence electrons. The Morgan fingerprint density at radius 2 is 1.59 bits per heavy atom. The lowest BCUT2D eigenvalue weighted by molar-refractivity contribution is -0.118. The van der Waals surface area contributed by atoms with Gasteiger partial charge in [-0.2, -0.15) is 0 Å². The first-order valence-electron chi connectivity index (χ1n) is 7.55. The Hall–Kier alpha value is -2.42. The number of hydrogen-bond acceptors (Lipinski definition) is 2. The summed E-state index contributed by atoms with van der Waals surface area (Å²) in [7, 11) is 0. The fraction of sp³-hybridized carbons (Fsp3) is 0.263.